The van der Waals surface area contributed by atoms with Gasteiger partial charge in [-0.1, -0.05) is 0 Å². The Hall–Kier alpha value is -1.95. The van der Waals surface area contributed by atoms with Gasteiger partial charge in [0, 0.05) is 31.6 Å². The van der Waals surface area contributed by atoms with E-state index in [9.17, 15) is 14.0 Å². The highest BCUT2D eigenvalue weighted by Gasteiger charge is 2.05. The van der Waals surface area contributed by atoms with Gasteiger partial charge < -0.3 is 16.0 Å². The average molecular weight is 281 g/mol. The number of amides is 2. The maximum absolute atomic E-state index is 12.7. The van der Waals surface area contributed by atoms with Crippen molar-refractivity contribution in [2.75, 3.05) is 26.7 Å². The summed E-state index contributed by atoms with van der Waals surface area (Å²) in [7, 11) is 1.82. The van der Waals surface area contributed by atoms with E-state index in [1.54, 1.807) is 0 Å². The van der Waals surface area contributed by atoms with Crippen LogP contribution >= 0.6 is 0 Å². The monoisotopic (exact) mass is 281 g/mol. The van der Waals surface area contributed by atoms with Crippen LogP contribution in [0.4, 0.5) is 4.39 Å². The van der Waals surface area contributed by atoms with Crippen LogP contribution in [0.25, 0.3) is 0 Å². The van der Waals surface area contributed by atoms with Gasteiger partial charge in [-0.15, -0.1) is 0 Å². The summed E-state index contributed by atoms with van der Waals surface area (Å²) in [5, 5.41) is 8.37. The lowest BCUT2D eigenvalue weighted by Gasteiger charge is -2.06. The van der Waals surface area contributed by atoms with Crippen LogP contribution in [0.2, 0.25) is 0 Å². The van der Waals surface area contributed by atoms with Crippen molar-refractivity contribution in [3.05, 3.63) is 35.6 Å². The molecule has 0 radical (unpaired) electrons. The molecule has 110 valence electrons. The molecule has 6 heteroatoms. The van der Waals surface area contributed by atoms with Gasteiger partial charge in [0.1, 0.15) is 5.82 Å². The molecule has 5 nitrogen and oxygen atoms in total. The summed E-state index contributed by atoms with van der Waals surface area (Å²) in [6, 6.07) is 5.33. The Morgan fingerprint density at radius 1 is 1.05 bits per heavy atom. The molecule has 0 saturated carbocycles. The first-order valence-electron chi connectivity index (χ1n) is 6.58. The fourth-order valence-corrected chi connectivity index (χ4v) is 1.57. The summed E-state index contributed by atoms with van der Waals surface area (Å²) in [4.78, 5) is 23.0. The molecule has 0 aliphatic carbocycles. The summed E-state index contributed by atoms with van der Waals surface area (Å²) in [5.74, 6) is -0.670. The van der Waals surface area contributed by atoms with Crippen molar-refractivity contribution < 1.29 is 14.0 Å². The molecule has 0 aliphatic heterocycles. The fraction of sp³-hybridized carbons (Fsp3) is 0.429. The molecule has 20 heavy (non-hydrogen) atoms. The van der Waals surface area contributed by atoms with Crippen LogP contribution in [0.1, 0.15) is 23.2 Å². The molecule has 0 fully saturated rings. The summed E-state index contributed by atoms with van der Waals surface area (Å²) in [5.41, 5.74) is 0.407. The van der Waals surface area contributed by atoms with Crippen LogP contribution in [0.3, 0.4) is 0 Å². The molecule has 0 unspecified atom stereocenters. The van der Waals surface area contributed by atoms with Crippen molar-refractivity contribution in [3.63, 3.8) is 0 Å². The molecule has 1 aromatic rings. The quantitative estimate of drug-likeness (QED) is 0.613. The molecule has 0 saturated heterocycles. The minimum atomic E-state index is -0.375. The van der Waals surface area contributed by atoms with Gasteiger partial charge in [-0.05, 0) is 37.7 Å². The van der Waals surface area contributed by atoms with E-state index in [-0.39, 0.29) is 17.6 Å². The molecule has 2 amide bonds. The lowest BCUT2D eigenvalue weighted by Crippen LogP contribution is -2.31. The highest BCUT2D eigenvalue weighted by Crippen LogP contribution is 2.02. The third-order valence-corrected chi connectivity index (χ3v) is 2.67. The van der Waals surface area contributed by atoms with Gasteiger partial charge in [-0.25, -0.2) is 4.39 Å². The van der Waals surface area contributed by atoms with Crippen molar-refractivity contribution in [2.45, 2.75) is 12.8 Å². The standard InChI is InChI=1S/C14H20FN3O2/c1-16-9-10-17-13(19)3-2-8-18-14(20)11-4-6-12(15)7-5-11/h4-7,16H,2-3,8-10H2,1H3,(H,17,19)(H,18,20). The molecule has 0 bridgehead atoms. The van der Waals surface area contributed by atoms with Gasteiger partial charge >= 0.3 is 0 Å². The topological polar surface area (TPSA) is 70.2 Å². The van der Waals surface area contributed by atoms with Crippen LogP contribution < -0.4 is 16.0 Å². The van der Waals surface area contributed by atoms with Crippen LogP contribution in [0, 0.1) is 5.82 Å². The molecular weight excluding hydrogens is 261 g/mol. The van der Waals surface area contributed by atoms with E-state index in [0.717, 1.165) is 6.54 Å². The second-order valence-corrected chi connectivity index (χ2v) is 4.32. The van der Waals surface area contributed by atoms with Crippen molar-refractivity contribution >= 4 is 11.8 Å². The third-order valence-electron chi connectivity index (χ3n) is 2.67. The van der Waals surface area contributed by atoms with Crippen molar-refractivity contribution in [1.82, 2.24) is 16.0 Å². The predicted octanol–water partition coefficient (Wildman–Crippen LogP) is 0.671. The second-order valence-electron chi connectivity index (χ2n) is 4.32. The molecule has 0 heterocycles. The number of likely N-dealkylation sites (N-methyl/N-ethyl adjacent to an activating group) is 1. The Bertz CT molecular complexity index is 435. The van der Waals surface area contributed by atoms with Gasteiger partial charge in [-0.2, -0.15) is 0 Å². The van der Waals surface area contributed by atoms with E-state index >= 15 is 0 Å². The molecule has 1 aromatic carbocycles. The lowest BCUT2D eigenvalue weighted by atomic mass is 10.2. The summed E-state index contributed by atoms with van der Waals surface area (Å²) < 4.78 is 12.7. The zero-order valence-corrected chi connectivity index (χ0v) is 11.5. The van der Waals surface area contributed by atoms with Crippen LogP contribution in [-0.4, -0.2) is 38.5 Å². The van der Waals surface area contributed by atoms with Crippen LogP contribution in [-0.2, 0) is 4.79 Å². The van der Waals surface area contributed by atoms with Crippen molar-refractivity contribution in [3.8, 4) is 0 Å². The minimum Gasteiger partial charge on any atom is -0.355 e. The number of hydrogen-bond donors (Lipinski definition) is 3. The summed E-state index contributed by atoms with van der Waals surface area (Å²) in [6.07, 6.45) is 0.936. The maximum Gasteiger partial charge on any atom is 0.251 e. The molecule has 0 aromatic heterocycles. The first-order valence-corrected chi connectivity index (χ1v) is 6.58. The highest BCUT2D eigenvalue weighted by molar-refractivity contribution is 5.94. The van der Waals surface area contributed by atoms with Crippen molar-refractivity contribution in [2.24, 2.45) is 0 Å². The maximum atomic E-state index is 12.7. The highest BCUT2D eigenvalue weighted by atomic mass is 19.1. The van der Waals surface area contributed by atoms with E-state index in [0.29, 0.717) is 31.5 Å². The summed E-state index contributed by atoms with van der Waals surface area (Å²) in [6.45, 7) is 1.74. The van der Waals surface area contributed by atoms with E-state index in [2.05, 4.69) is 16.0 Å². The van der Waals surface area contributed by atoms with Gasteiger partial charge in [0.25, 0.3) is 5.91 Å². The number of carbonyl (C=O) groups is 2. The van der Waals surface area contributed by atoms with Crippen LogP contribution in [0.5, 0.6) is 0 Å². The molecule has 1 rings (SSSR count). The SMILES string of the molecule is CNCCNC(=O)CCCNC(=O)c1ccc(F)cc1. The number of carbonyl (C=O) groups excluding carboxylic acids is 2. The molecule has 3 N–H and O–H groups in total. The van der Waals surface area contributed by atoms with E-state index in [1.807, 2.05) is 7.05 Å². The molecule has 0 spiro atoms. The Balaban J connectivity index is 2.16. The molecule has 0 aliphatic rings. The second kappa shape index (κ2) is 9.03. The number of halogens is 1. The van der Waals surface area contributed by atoms with Crippen LogP contribution in [0.15, 0.2) is 24.3 Å². The number of nitrogens with one attached hydrogen (secondary N) is 3. The van der Waals surface area contributed by atoms with E-state index in [1.165, 1.54) is 24.3 Å². The van der Waals surface area contributed by atoms with Gasteiger partial charge in [0.05, 0.1) is 0 Å². The van der Waals surface area contributed by atoms with Gasteiger partial charge in [-0.3, -0.25) is 9.59 Å². The Kier molecular flexibility index (Phi) is 7.27. The first-order chi connectivity index (χ1) is 9.63. The summed E-state index contributed by atoms with van der Waals surface area (Å²) >= 11 is 0. The first kappa shape index (κ1) is 16.1. The normalized spacial score (nSPS) is 10.1. The van der Waals surface area contributed by atoms with E-state index < -0.39 is 0 Å². The predicted molar refractivity (Wildman–Crippen MR) is 74.9 cm³/mol. The molecule has 0 atom stereocenters. The van der Waals surface area contributed by atoms with E-state index in [4.69, 9.17) is 0 Å². The number of rotatable bonds is 8. The largest absolute Gasteiger partial charge is 0.355 e. The molecular formula is C14H20FN3O2. The Morgan fingerprint density at radius 3 is 2.40 bits per heavy atom. The number of hydrogen-bond acceptors (Lipinski definition) is 3. The van der Waals surface area contributed by atoms with Gasteiger partial charge in [0.15, 0.2) is 0 Å². The number of benzene rings is 1. The smallest absolute Gasteiger partial charge is 0.251 e. The Labute approximate surface area is 117 Å². The zero-order chi connectivity index (χ0) is 14.8. The van der Waals surface area contributed by atoms with Gasteiger partial charge in [0.2, 0.25) is 5.91 Å². The van der Waals surface area contributed by atoms with Crippen molar-refractivity contribution in [1.29, 1.82) is 0 Å². The average Bonchev–Trinajstić information content (AvgIpc) is 2.44. The fourth-order valence-electron chi connectivity index (χ4n) is 1.57. The lowest BCUT2D eigenvalue weighted by molar-refractivity contribution is -0.121. The zero-order valence-electron chi connectivity index (χ0n) is 11.5. The third kappa shape index (κ3) is 6.29. The minimum absolute atomic E-state index is 0.0312. The Morgan fingerprint density at radius 2 is 1.75 bits per heavy atom.